The standard InChI is InChI=1S/C6H8N4/c1-5(8-4-7)6-2-9-10-3-6/h2-3,5,8H,1H3,(H,9,10). The van der Waals surface area contributed by atoms with Gasteiger partial charge in [-0.25, -0.2) is 0 Å². The molecule has 0 radical (unpaired) electrons. The fourth-order valence-electron chi connectivity index (χ4n) is 0.678. The number of nitrogens with zero attached hydrogens (tertiary/aromatic N) is 2. The maximum Gasteiger partial charge on any atom is 0.177 e. The second-order valence-electron chi connectivity index (χ2n) is 2.01. The molecule has 10 heavy (non-hydrogen) atoms. The molecule has 1 unspecified atom stereocenters. The van der Waals surface area contributed by atoms with Gasteiger partial charge in [0, 0.05) is 11.8 Å². The summed E-state index contributed by atoms with van der Waals surface area (Å²) in [5.41, 5.74) is 0.988. The van der Waals surface area contributed by atoms with Gasteiger partial charge in [0.1, 0.15) is 0 Å². The Labute approximate surface area is 58.9 Å². The van der Waals surface area contributed by atoms with Gasteiger partial charge in [-0.3, -0.25) is 5.10 Å². The van der Waals surface area contributed by atoms with Crippen molar-refractivity contribution < 1.29 is 0 Å². The zero-order valence-corrected chi connectivity index (χ0v) is 5.63. The second kappa shape index (κ2) is 2.87. The van der Waals surface area contributed by atoms with Crippen LogP contribution >= 0.6 is 0 Å². The van der Waals surface area contributed by atoms with Crippen molar-refractivity contribution in [2.45, 2.75) is 13.0 Å². The quantitative estimate of drug-likeness (QED) is 0.460. The predicted molar refractivity (Wildman–Crippen MR) is 35.8 cm³/mol. The number of hydrogen-bond donors (Lipinski definition) is 2. The number of nitrogens with one attached hydrogen (secondary N) is 2. The molecule has 1 aromatic heterocycles. The molecule has 0 spiro atoms. The topological polar surface area (TPSA) is 64.5 Å². The molecule has 1 aromatic rings. The van der Waals surface area contributed by atoms with Gasteiger partial charge < -0.3 is 5.32 Å². The van der Waals surface area contributed by atoms with Gasteiger partial charge in [-0.1, -0.05) is 0 Å². The van der Waals surface area contributed by atoms with E-state index < -0.39 is 0 Å². The summed E-state index contributed by atoms with van der Waals surface area (Å²) in [6.07, 6.45) is 5.31. The van der Waals surface area contributed by atoms with E-state index in [9.17, 15) is 0 Å². The van der Waals surface area contributed by atoms with Crippen LogP contribution in [-0.2, 0) is 0 Å². The number of hydrogen-bond acceptors (Lipinski definition) is 3. The zero-order chi connectivity index (χ0) is 7.40. The molecule has 0 saturated heterocycles. The summed E-state index contributed by atoms with van der Waals surface area (Å²) >= 11 is 0. The summed E-state index contributed by atoms with van der Waals surface area (Å²) in [5, 5.41) is 17.3. The third kappa shape index (κ3) is 1.26. The first-order chi connectivity index (χ1) is 4.84. The fraction of sp³-hybridized carbons (Fsp3) is 0.333. The molecule has 1 atom stereocenters. The first-order valence-electron chi connectivity index (χ1n) is 2.98. The molecule has 2 N–H and O–H groups in total. The molecule has 1 heterocycles. The highest BCUT2D eigenvalue weighted by Crippen LogP contribution is 2.07. The van der Waals surface area contributed by atoms with E-state index in [0.29, 0.717) is 0 Å². The Hall–Kier alpha value is -1.50. The van der Waals surface area contributed by atoms with Crippen molar-refractivity contribution in [2.75, 3.05) is 0 Å². The smallest absolute Gasteiger partial charge is 0.177 e. The minimum atomic E-state index is 0.0451. The number of nitriles is 1. The lowest BCUT2D eigenvalue weighted by molar-refractivity contribution is 0.698. The Morgan fingerprint density at radius 3 is 3.20 bits per heavy atom. The number of aromatic nitrogens is 2. The van der Waals surface area contributed by atoms with Crippen LogP contribution in [0.5, 0.6) is 0 Å². The first-order valence-corrected chi connectivity index (χ1v) is 2.98. The van der Waals surface area contributed by atoms with Gasteiger partial charge >= 0.3 is 0 Å². The van der Waals surface area contributed by atoms with Gasteiger partial charge in [0.15, 0.2) is 6.19 Å². The highest BCUT2D eigenvalue weighted by molar-refractivity contribution is 5.08. The van der Waals surface area contributed by atoms with Crippen molar-refractivity contribution in [1.82, 2.24) is 15.5 Å². The van der Waals surface area contributed by atoms with Crippen molar-refractivity contribution in [3.05, 3.63) is 18.0 Å². The molecule has 4 heteroatoms. The van der Waals surface area contributed by atoms with E-state index in [4.69, 9.17) is 5.26 Å². The van der Waals surface area contributed by atoms with E-state index >= 15 is 0 Å². The average Bonchev–Trinajstić information content (AvgIpc) is 2.38. The van der Waals surface area contributed by atoms with Gasteiger partial charge in [-0.2, -0.15) is 10.4 Å². The molecule has 0 aliphatic carbocycles. The van der Waals surface area contributed by atoms with E-state index in [2.05, 4.69) is 15.5 Å². The van der Waals surface area contributed by atoms with Crippen LogP contribution in [0.15, 0.2) is 12.4 Å². The highest BCUT2D eigenvalue weighted by Gasteiger charge is 2.02. The molecule has 0 aliphatic heterocycles. The molecule has 0 aromatic carbocycles. The third-order valence-corrected chi connectivity index (χ3v) is 1.30. The molecular weight excluding hydrogens is 128 g/mol. The number of rotatable bonds is 2. The van der Waals surface area contributed by atoms with Gasteiger partial charge in [-0.15, -0.1) is 0 Å². The molecule has 4 nitrogen and oxygen atoms in total. The highest BCUT2D eigenvalue weighted by atomic mass is 15.1. The van der Waals surface area contributed by atoms with Crippen LogP contribution in [0.4, 0.5) is 0 Å². The number of aromatic amines is 1. The van der Waals surface area contributed by atoms with Crippen LogP contribution in [0.25, 0.3) is 0 Å². The second-order valence-corrected chi connectivity index (χ2v) is 2.01. The predicted octanol–water partition coefficient (Wildman–Crippen LogP) is 0.541. The van der Waals surface area contributed by atoms with Crippen LogP contribution in [0.3, 0.4) is 0 Å². The molecule has 1 rings (SSSR count). The van der Waals surface area contributed by atoms with Crippen LogP contribution in [0.2, 0.25) is 0 Å². The lowest BCUT2D eigenvalue weighted by Gasteiger charge is -2.03. The third-order valence-electron chi connectivity index (χ3n) is 1.30. The van der Waals surface area contributed by atoms with E-state index in [1.807, 2.05) is 13.1 Å². The number of H-pyrrole nitrogens is 1. The van der Waals surface area contributed by atoms with Gasteiger partial charge in [-0.05, 0) is 6.92 Å². The summed E-state index contributed by atoms with van der Waals surface area (Å²) < 4.78 is 0. The largest absolute Gasteiger partial charge is 0.316 e. The Bertz CT molecular complexity index is 220. The van der Waals surface area contributed by atoms with Crippen molar-refractivity contribution in [3.63, 3.8) is 0 Å². The lowest BCUT2D eigenvalue weighted by atomic mass is 10.2. The summed E-state index contributed by atoms with van der Waals surface area (Å²) in [6, 6.07) is 0.0451. The van der Waals surface area contributed by atoms with Gasteiger partial charge in [0.2, 0.25) is 0 Å². The molecular formula is C6H8N4. The van der Waals surface area contributed by atoms with Crippen LogP contribution in [-0.4, -0.2) is 10.2 Å². The van der Waals surface area contributed by atoms with Crippen LogP contribution in [0, 0.1) is 11.5 Å². The Kier molecular flexibility index (Phi) is 1.90. The van der Waals surface area contributed by atoms with Gasteiger partial charge in [0.05, 0.1) is 12.2 Å². The SMILES string of the molecule is CC(NC#N)c1cn[nH]c1. The summed E-state index contributed by atoms with van der Waals surface area (Å²) in [4.78, 5) is 0. The minimum Gasteiger partial charge on any atom is -0.316 e. The maximum atomic E-state index is 8.24. The summed E-state index contributed by atoms with van der Waals surface area (Å²) in [7, 11) is 0. The summed E-state index contributed by atoms with van der Waals surface area (Å²) in [6.45, 7) is 1.90. The first kappa shape index (κ1) is 6.62. The lowest BCUT2D eigenvalue weighted by Crippen LogP contribution is -2.10. The molecule has 52 valence electrons. The van der Waals surface area contributed by atoms with Gasteiger partial charge in [0.25, 0.3) is 0 Å². The van der Waals surface area contributed by atoms with Crippen molar-refractivity contribution in [3.8, 4) is 6.19 Å². The maximum absolute atomic E-state index is 8.24. The molecule has 0 amide bonds. The minimum absolute atomic E-state index is 0.0451. The molecule has 0 aliphatic rings. The molecule has 0 saturated carbocycles. The normalized spacial score (nSPS) is 12.0. The molecule has 0 bridgehead atoms. The van der Waals surface area contributed by atoms with Crippen LogP contribution < -0.4 is 5.32 Å². The molecule has 0 fully saturated rings. The summed E-state index contributed by atoms with van der Waals surface area (Å²) in [5.74, 6) is 0. The van der Waals surface area contributed by atoms with Crippen molar-refractivity contribution in [2.24, 2.45) is 0 Å². The van der Waals surface area contributed by atoms with E-state index in [1.165, 1.54) is 0 Å². The van der Waals surface area contributed by atoms with Crippen molar-refractivity contribution in [1.29, 1.82) is 5.26 Å². The Morgan fingerprint density at radius 2 is 2.70 bits per heavy atom. The average molecular weight is 136 g/mol. The Balaban J connectivity index is 2.61. The zero-order valence-electron chi connectivity index (χ0n) is 5.63. The fourth-order valence-corrected chi connectivity index (χ4v) is 0.678. The monoisotopic (exact) mass is 136 g/mol. The van der Waals surface area contributed by atoms with E-state index in [0.717, 1.165) is 5.56 Å². The van der Waals surface area contributed by atoms with Crippen LogP contribution in [0.1, 0.15) is 18.5 Å². The van der Waals surface area contributed by atoms with E-state index in [-0.39, 0.29) is 6.04 Å². The van der Waals surface area contributed by atoms with E-state index in [1.54, 1.807) is 12.4 Å². The van der Waals surface area contributed by atoms with Crippen molar-refractivity contribution >= 4 is 0 Å². The Morgan fingerprint density at radius 1 is 1.90 bits per heavy atom.